The van der Waals surface area contributed by atoms with Gasteiger partial charge in [0.05, 0.1) is 24.1 Å². The molecule has 36 heavy (non-hydrogen) atoms. The van der Waals surface area contributed by atoms with Crippen molar-refractivity contribution >= 4 is 23.1 Å². The number of nitrogens with zero attached hydrogens (tertiary/aromatic N) is 3. The van der Waals surface area contributed by atoms with Crippen LogP contribution in [-0.2, 0) is 0 Å². The molecule has 2 aromatic heterocycles. The number of pyridine rings is 1. The van der Waals surface area contributed by atoms with E-state index in [0.29, 0.717) is 22.9 Å². The molecule has 0 radical (unpaired) electrons. The second-order valence-electron chi connectivity index (χ2n) is 9.79. The van der Waals surface area contributed by atoms with E-state index in [4.69, 9.17) is 9.72 Å². The van der Waals surface area contributed by atoms with Crippen LogP contribution in [0.3, 0.4) is 0 Å². The van der Waals surface area contributed by atoms with Crippen molar-refractivity contribution in [1.29, 1.82) is 0 Å². The molecule has 0 unspecified atom stereocenters. The topological polar surface area (TPSA) is 58.9 Å². The monoisotopic (exact) mass is 482 g/mol. The van der Waals surface area contributed by atoms with Crippen LogP contribution in [0.4, 0.5) is 11.5 Å². The molecule has 1 aliphatic rings. The zero-order valence-corrected chi connectivity index (χ0v) is 21.3. The Morgan fingerprint density at radius 2 is 1.83 bits per heavy atom. The summed E-state index contributed by atoms with van der Waals surface area (Å²) in [6, 6.07) is 19.7. The summed E-state index contributed by atoms with van der Waals surface area (Å²) in [7, 11) is 3.75. The fourth-order valence-corrected chi connectivity index (χ4v) is 5.40. The molecule has 6 heteroatoms. The molecular weight excluding hydrogens is 448 g/mol. The molecule has 0 bridgehead atoms. The predicted molar refractivity (Wildman–Crippen MR) is 146 cm³/mol. The number of carbonyl (C=O) groups is 1. The molecule has 1 amide bonds. The summed E-state index contributed by atoms with van der Waals surface area (Å²) in [5.41, 5.74) is 5.12. The van der Waals surface area contributed by atoms with E-state index in [2.05, 4.69) is 17.3 Å². The number of aromatic nitrogens is 2. The van der Waals surface area contributed by atoms with Crippen molar-refractivity contribution in [1.82, 2.24) is 9.38 Å². The summed E-state index contributed by atoms with van der Waals surface area (Å²) in [4.78, 5) is 20.4. The number of methoxy groups -OCH3 is 1. The smallest absolute Gasteiger partial charge is 0.257 e. The van der Waals surface area contributed by atoms with Gasteiger partial charge in [0.25, 0.3) is 5.91 Å². The lowest BCUT2D eigenvalue weighted by atomic mass is 9.89. The van der Waals surface area contributed by atoms with Gasteiger partial charge in [-0.25, -0.2) is 4.98 Å². The van der Waals surface area contributed by atoms with Crippen LogP contribution in [0.15, 0.2) is 66.9 Å². The van der Waals surface area contributed by atoms with Gasteiger partial charge in [-0.1, -0.05) is 55.7 Å². The number of aryl methyl sites for hydroxylation is 1. The van der Waals surface area contributed by atoms with Crippen LogP contribution in [0.5, 0.6) is 5.75 Å². The highest BCUT2D eigenvalue weighted by Gasteiger charge is 2.20. The predicted octanol–water partition coefficient (Wildman–Crippen LogP) is 6.59. The van der Waals surface area contributed by atoms with Gasteiger partial charge in [0.1, 0.15) is 17.2 Å². The van der Waals surface area contributed by atoms with Gasteiger partial charge in [0, 0.05) is 19.8 Å². The van der Waals surface area contributed by atoms with E-state index in [1.807, 2.05) is 78.2 Å². The summed E-state index contributed by atoms with van der Waals surface area (Å²) in [6.45, 7) is 3.05. The van der Waals surface area contributed by atoms with Crippen molar-refractivity contribution < 1.29 is 9.53 Å². The lowest BCUT2D eigenvalue weighted by molar-refractivity contribution is 0.102. The number of rotatable bonds is 7. The van der Waals surface area contributed by atoms with E-state index in [0.717, 1.165) is 34.8 Å². The van der Waals surface area contributed by atoms with E-state index in [1.165, 1.54) is 32.1 Å². The van der Waals surface area contributed by atoms with Crippen LogP contribution in [0.2, 0.25) is 0 Å². The molecule has 0 spiro atoms. The second kappa shape index (κ2) is 10.4. The first-order valence-electron chi connectivity index (χ1n) is 12.8. The zero-order chi connectivity index (χ0) is 25.1. The Morgan fingerprint density at radius 1 is 1.06 bits per heavy atom. The number of carbonyl (C=O) groups excluding carboxylic acids is 1. The molecule has 0 atom stereocenters. The van der Waals surface area contributed by atoms with Gasteiger partial charge in [-0.2, -0.15) is 0 Å². The van der Waals surface area contributed by atoms with Gasteiger partial charge >= 0.3 is 0 Å². The number of fused-ring (bicyclic) bond motifs is 1. The third-order valence-corrected chi connectivity index (χ3v) is 7.20. The highest BCUT2D eigenvalue weighted by molar-refractivity contribution is 6.05. The van der Waals surface area contributed by atoms with Crippen molar-refractivity contribution in [3.05, 3.63) is 78.1 Å². The van der Waals surface area contributed by atoms with Gasteiger partial charge in [-0.3, -0.25) is 9.20 Å². The number of hydrogen-bond acceptors (Lipinski definition) is 4. The number of hydrogen-bond donors (Lipinski definition) is 1. The largest absolute Gasteiger partial charge is 0.495 e. The van der Waals surface area contributed by atoms with E-state index in [1.54, 1.807) is 7.11 Å². The molecule has 186 valence electrons. The summed E-state index contributed by atoms with van der Waals surface area (Å²) < 4.78 is 7.58. The van der Waals surface area contributed by atoms with Crippen LogP contribution in [0.1, 0.15) is 48.2 Å². The highest BCUT2D eigenvalue weighted by Crippen LogP contribution is 2.32. The van der Waals surface area contributed by atoms with Crippen molar-refractivity contribution in [3.8, 4) is 16.9 Å². The molecule has 6 nitrogen and oxygen atoms in total. The summed E-state index contributed by atoms with van der Waals surface area (Å²) in [5, 5.41) is 3.06. The normalized spacial score (nSPS) is 14.1. The molecule has 4 aromatic rings. The van der Waals surface area contributed by atoms with E-state index in [9.17, 15) is 4.79 Å². The second-order valence-corrected chi connectivity index (χ2v) is 9.79. The van der Waals surface area contributed by atoms with Crippen LogP contribution < -0.4 is 15.0 Å². The van der Waals surface area contributed by atoms with E-state index < -0.39 is 0 Å². The Labute approximate surface area is 212 Å². The van der Waals surface area contributed by atoms with Crippen molar-refractivity contribution in [2.75, 3.05) is 30.9 Å². The molecule has 2 aromatic carbocycles. The van der Waals surface area contributed by atoms with Gasteiger partial charge in [-0.05, 0) is 61.1 Å². The highest BCUT2D eigenvalue weighted by atomic mass is 16.5. The Balaban J connectivity index is 1.42. The maximum absolute atomic E-state index is 13.4. The number of amides is 1. The van der Waals surface area contributed by atoms with Crippen molar-refractivity contribution in [3.63, 3.8) is 0 Å². The van der Waals surface area contributed by atoms with Gasteiger partial charge < -0.3 is 15.0 Å². The molecule has 1 fully saturated rings. The van der Waals surface area contributed by atoms with E-state index >= 15 is 0 Å². The number of ether oxygens (including phenoxy) is 1. The molecule has 1 saturated carbocycles. The Morgan fingerprint density at radius 3 is 2.58 bits per heavy atom. The minimum Gasteiger partial charge on any atom is -0.495 e. The van der Waals surface area contributed by atoms with Crippen molar-refractivity contribution in [2.45, 2.75) is 39.0 Å². The zero-order valence-electron chi connectivity index (χ0n) is 21.3. The maximum Gasteiger partial charge on any atom is 0.257 e. The minimum absolute atomic E-state index is 0.187. The summed E-state index contributed by atoms with van der Waals surface area (Å²) in [6.07, 6.45) is 8.47. The molecule has 0 aliphatic heterocycles. The molecule has 2 heterocycles. The Bertz CT molecular complexity index is 1360. The third-order valence-electron chi connectivity index (χ3n) is 7.20. The molecule has 0 saturated heterocycles. The van der Waals surface area contributed by atoms with Gasteiger partial charge in [0.15, 0.2) is 0 Å². The summed E-state index contributed by atoms with van der Waals surface area (Å²) in [5.74, 6) is 2.20. The fourth-order valence-electron chi connectivity index (χ4n) is 5.40. The Kier molecular flexibility index (Phi) is 6.94. The molecule has 1 N–H and O–H groups in total. The standard InChI is InChI=1S/C30H34N4O2/c1-21-30(33(2)19-22-10-6-4-7-11-22)34-20-25(15-17-28(34)31-21)29(35)32-26-18-24(14-16-27(26)36-3)23-12-8-5-9-13-23/h5,8-9,12-18,20,22H,4,6-7,10-11,19H2,1-3H3,(H,32,35). The van der Waals surface area contributed by atoms with Crippen LogP contribution in [0, 0.1) is 12.8 Å². The molecule has 1 aliphatic carbocycles. The summed E-state index contributed by atoms with van der Waals surface area (Å²) >= 11 is 0. The number of nitrogens with one attached hydrogen (secondary N) is 1. The maximum atomic E-state index is 13.4. The first-order valence-corrected chi connectivity index (χ1v) is 12.8. The fraction of sp³-hybridized carbons (Fsp3) is 0.333. The molecular formula is C30H34N4O2. The lowest BCUT2D eigenvalue weighted by Gasteiger charge is -2.28. The molecule has 5 rings (SSSR count). The SMILES string of the molecule is COc1ccc(-c2ccccc2)cc1NC(=O)c1ccc2nc(C)c(N(C)CC3CCCCC3)n2c1. The number of benzene rings is 2. The minimum atomic E-state index is -0.187. The third kappa shape index (κ3) is 4.94. The quantitative estimate of drug-likeness (QED) is 0.323. The van der Waals surface area contributed by atoms with Gasteiger partial charge in [-0.15, -0.1) is 0 Å². The first-order chi connectivity index (χ1) is 17.5. The number of anilines is 2. The average molecular weight is 483 g/mol. The average Bonchev–Trinajstić information content (AvgIpc) is 3.24. The van der Waals surface area contributed by atoms with E-state index in [-0.39, 0.29) is 5.91 Å². The lowest BCUT2D eigenvalue weighted by Crippen LogP contribution is -2.28. The first kappa shape index (κ1) is 23.9. The Hall–Kier alpha value is -3.80. The van der Waals surface area contributed by atoms with Crippen LogP contribution in [-0.4, -0.2) is 36.0 Å². The number of imidazole rings is 1. The van der Waals surface area contributed by atoms with Crippen LogP contribution >= 0.6 is 0 Å². The van der Waals surface area contributed by atoms with Crippen molar-refractivity contribution in [2.24, 2.45) is 5.92 Å². The van der Waals surface area contributed by atoms with Gasteiger partial charge in [0.2, 0.25) is 0 Å². The van der Waals surface area contributed by atoms with Crippen LogP contribution in [0.25, 0.3) is 16.8 Å².